The summed E-state index contributed by atoms with van der Waals surface area (Å²) in [5.41, 5.74) is 7.01. The molecule has 0 fully saturated rings. The molecule has 0 spiro atoms. The maximum absolute atomic E-state index is 6.10. The SMILES string of the molecule is COCCC(C)C(N)c1ccnc(C)n1. The first-order chi connectivity index (χ1) is 7.15. The van der Waals surface area contributed by atoms with Crippen LogP contribution >= 0.6 is 0 Å². The van der Waals surface area contributed by atoms with E-state index < -0.39 is 0 Å². The van der Waals surface area contributed by atoms with Crippen LogP contribution in [0.25, 0.3) is 0 Å². The molecule has 0 amide bonds. The number of aromatic nitrogens is 2. The summed E-state index contributed by atoms with van der Waals surface area (Å²) in [5.74, 6) is 1.13. The van der Waals surface area contributed by atoms with Gasteiger partial charge in [-0.2, -0.15) is 0 Å². The van der Waals surface area contributed by atoms with Gasteiger partial charge in [-0.25, -0.2) is 9.97 Å². The summed E-state index contributed by atoms with van der Waals surface area (Å²) in [5, 5.41) is 0. The molecule has 0 bridgehead atoms. The number of methoxy groups -OCH3 is 1. The van der Waals surface area contributed by atoms with E-state index in [1.165, 1.54) is 0 Å². The monoisotopic (exact) mass is 209 g/mol. The van der Waals surface area contributed by atoms with Crippen molar-refractivity contribution in [1.29, 1.82) is 0 Å². The van der Waals surface area contributed by atoms with Gasteiger partial charge >= 0.3 is 0 Å². The number of nitrogens with two attached hydrogens (primary N) is 1. The average Bonchev–Trinajstić information content (AvgIpc) is 2.24. The third-order valence-corrected chi connectivity index (χ3v) is 2.53. The summed E-state index contributed by atoms with van der Waals surface area (Å²) in [4.78, 5) is 8.38. The molecule has 1 heterocycles. The van der Waals surface area contributed by atoms with E-state index in [9.17, 15) is 0 Å². The van der Waals surface area contributed by atoms with E-state index in [0.717, 1.165) is 24.5 Å². The molecule has 15 heavy (non-hydrogen) atoms. The maximum Gasteiger partial charge on any atom is 0.125 e. The van der Waals surface area contributed by atoms with Gasteiger partial charge in [0.1, 0.15) is 5.82 Å². The van der Waals surface area contributed by atoms with Crippen molar-refractivity contribution < 1.29 is 4.74 Å². The Bertz CT molecular complexity index is 304. The van der Waals surface area contributed by atoms with Gasteiger partial charge in [-0.3, -0.25) is 0 Å². The topological polar surface area (TPSA) is 61.0 Å². The van der Waals surface area contributed by atoms with Crippen molar-refractivity contribution in [2.45, 2.75) is 26.3 Å². The molecule has 2 atom stereocenters. The van der Waals surface area contributed by atoms with Crippen molar-refractivity contribution in [3.05, 3.63) is 23.8 Å². The lowest BCUT2D eigenvalue weighted by Crippen LogP contribution is -2.21. The number of hydrogen-bond acceptors (Lipinski definition) is 4. The summed E-state index contributed by atoms with van der Waals surface area (Å²) in [7, 11) is 1.70. The summed E-state index contributed by atoms with van der Waals surface area (Å²) >= 11 is 0. The second-order valence-electron chi connectivity index (χ2n) is 3.81. The van der Waals surface area contributed by atoms with Crippen LogP contribution in [-0.4, -0.2) is 23.7 Å². The fourth-order valence-corrected chi connectivity index (χ4v) is 1.43. The van der Waals surface area contributed by atoms with Crippen LogP contribution in [-0.2, 0) is 4.74 Å². The minimum absolute atomic E-state index is 0.0400. The Hall–Kier alpha value is -1.00. The Morgan fingerprint density at radius 3 is 2.87 bits per heavy atom. The Kier molecular flexibility index (Phi) is 4.65. The van der Waals surface area contributed by atoms with Crippen molar-refractivity contribution in [2.24, 2.45) is 11.7 Å². The highest BCUT2D eigenvalue weighted by Crippen LogP contribution is 2.19. The first-order valence-corrected chi connectivity index (χ1v) is 5.19. The van der Waals surface area contributed by atoms with Crippen LogP contribution in [0.1, 0.15) is 30.9 Å². The number of hydrogen-bond donors (Lipinski definition) is 1. The fourth-order valence-electron chi connectivity index (χ4n) is 1.43. The number of rotatable bonds is 5. The highest BCUT2D eigenvalue weighted by molar-refractivity contribution is 5.07. The van der Waals surface area contributed by atoms with Gasteiger partial charge in [0, 0.05) is 26.0 Å². The molecule has 1 rings (SSSR count). The molecule has 0 saturated heterocycles. The molecular weight excluding hydrogens is 190 g/mol. The van der Waals surface area contributed by atoms with E-state index in [2.05, 4.69) is 16.9 Å². The van der Waals surface area contributed by atoms with E-state index in [1.807, 2.05) is 13.0 Å². The zero-order valence-corrected chi connectivity index (χ0v) is 9.60. The van der Waals surface area contributed by atoms with Crippen LogP contribution in [0.2, 0.25) is 0 Å². The van der Waals surface area contributed by atoms with Crippen LogP contribution in [0.3, 0.4) is 0 Å². The van der Waals surface area contributed by atoms with Gasteiger partial charge in [-0.05, 0) is 25.3 Å². The summed E-state index contributed by atoms with van der Waals surface area (Å²) in [6.07, 6.45) is 2.70. The molecule has 84 valence electrons. The van der Waals surface area contributed by atoms with Crippen LogP contribution < -0.4 is 5.73 Å². The van der Waals surface area contributed by atoms with Crippen LogP contribution in [0.4, 0.5) is 0 Å². The zero-order valence-electron chi connectivity index (χ0n) is 9.60. The van der Waals surface area contributed by atoms with Gasteiger partial charge in [0.2, 0.25) is 0 Å². The molecule has 0 aromatic carbocycles. The first kappa shape index (κ1) is 12.1. The fraction of sp³-hybridized carbons (Fsp3) is 0.636. The van der Waals surface area contributed by atoms with E-state index in [4.69, 9.17) is 10.5 Å². The van der Waals surface area contributed by atoms with Crippen LogP contribution in [0.15, 0.2) is 12.3 Å². The highest BCUT2D eigenvalue weighted by Gasteiger charge is 2.15. The predicted molar refractivity (Wildman–Crippen MR) is 59.4 cm³/mol. The molecule has 0 saturated carbocycles. The van der Waals surface area contributed by atoms with Crippen molar-refractivity contribution in [3.63, 3.8) is 0 Å². The maximum atomic E-state index is 6.10. The summed E-state index contributed by atoms with van der Waals surface area (Å²) < 4.78 is 5.03. The zero-order chi connectivity index (χ0) is 11.3. The highest BCUT2D eigenvalue weighted by atomic mass is 16.5. The van der Waals surface area contributed by atoms with E-state index >= 15 is 0 Å². The molecule has 4 nitrogen and oxygen atoms in total. The van der Waals surface area contributed by atoms with E-state index in [0.29, 0.717) is 5.92 Å². The molecule has 2 unspecified atom stereocenters. The molecular formula is C11H19N3O. The molecule has 1 aromatic rings. The second-order valence-corrected chi connectivity index (χ2v) is 3.81. The largest absolute Gasteiger partial charge is 0.385 e. The lowest BCUT2D eigenvalue weighted by molar-refractivity contribution is 0.174. The van der Waals surface area contributed by atoms with Gasteiger partial charge in [-0.15, -0.1) is 0 Å². The molecule has 0 aliphatic heterocycles. The summed E-state index contributed by atoms with van der Waals surface area (Å²) in [6.45, 7) is 4.72. The van der Waals surface area contributed by atoms with Gasteiger partial charge < -0.3 is 10.5 Å². The molecule has 0 aliphatic rings. The Labute approximate surface area is 90.9 Å². The molecule has 4 heteroatoms. The Morgan fingerprint density at radius 1 is 1.53 bits per heavy atom. The molecule has 0 radical (unpaired) electrons. The lowest BCUT2D eigenvalue weighted by atomic mass is 9.96. The van der Waals surface area contributed by atoms with Crippen molar-refractivity contribution in [2.75, 3.05) is 13.7 Å². The summed E-state index contributed by atoms with van der Waals surface area (Å²) in [6, 6.07) is 1.84. The van der Waals surface area contributed by atoms with Crippen LogP contribution in [0.5, 0.6) is 0 Å². The smallest absolute Gasteiger partial charge is 0.125 e. The third-order valence-electron chi connectivity index (χ3n) is 2.53. The number of aryl methyl sites for hydroxylation is 1. The van der Waals surface area contributed by atoms with Crippen molar-refractivity contribution >= 4 is 0 Å². The first-order valence-electron chi connectivity index (χ1n) is 5.19. The molecule has 2 N–H and O–H groups in total. The van der Waals surface area contributed by atoms with E-state index in [1.54, 1.807) is 13.3 Å². The van der Waals surface area contributed by atoms with Gasteiger partial charge in [0.05, 0.1) is 5.69 Å². The van der Waals surface area contributed by atoms with Crippen LogP contribution in [0, 0.1) is 12.8 Å². The van der Waals surface area contributed by atoms with Crippen molar-refractivity contribution in [1.82, 2.24) is 9.97 Å². The third kappa shape index (κ3) is 3.57. The molecule has 0 aliphatic carbocycles. The Balaban J connectivity index is 2.62. The second kappa shape index (κ2) is 5.78. The number of nitrogens with zero attached hydrogens (tertiary/aromatic N) is 2. The minimum atomic E-state index is -0.0400. The average molecular weight is 209 g/mol. The lowest BCUT2D eigenvalue weighted by Gasteiger charge is -2.18. The van der Waals surface area contributed by atoms with Crippen molar-refractivity contribution in [3.8, 4) is 0 Å². The Morgan fingerprint density at radius 2 is 2.27 bits per heavy atom. The van der Waals surface area contributed by atoms with Gasteiger partial charge in [0.15, 0.2) is 0 Å². The standard InChI is InChI=1S/C11H19N3O/c1-8(5-7-15-3)11(12)10-4-6-13-9(2)14-10/h4,6,8,11H,5,7,12H2,1-3H3. The van der Waals surface area contributed by atoms with E-state index in [-0.39, 0.29) is 6.04 Å². The number of ether oxygens (including phenoxy) is 1. The predicted octanol–water partition coefficient (Wildman–Crippen LogP) is 1.46. The molecule has 1 aromatic heterocycles. The van der Waals surface area contributed by atoms with Gasteiger partial charge in [0.25, 0.3) is 0 Å². The normalized spacial score (nSPS) is 14.9. The minimum Gasteiger partial charge on any atom is -0.385 e. The van der Waals surface area contributed by atoms with Gasteiger partial charge in [-0.1, -0.05) is 6.92 Å². The quantitative estimate of drug-likeness (QED) is 0.797.